The lowest BCUT2D eigenvalue weighted by molar-refractivity contribution is -0.140. The van der Waals surface area contributed by atoms with Crippen molar-refractivity contribution in [2.24, 2.45) is 5.92 Å². The molecule has 0 unspecified atom stereocenters. The smallest absolute Gasteiger partial charge is 0.322 e. The van der Waals surface area contributed by atoms with Crippen LogP contribution in [0.3, 0.4) is 0 Å². The molecule has 0 aliphatic carbocycles. The predicted molar refractivity (Wildman–Crippen MR) is 83.7 cm³/mol. The van der Waals surface area contributed by atoms with E-state index in [-0.39, 0.29) is 10.8 Å². The van der Waals surface area contributed by atoms with Crippen LogP contribution in [0.5, 0.6) is 5.75 Å². The van der Waals surface area contributed by atoms with Crippen molar-refractivity contribution in [1.82, 2.24) is 4.72 Å². The topological polar surface area (TPSA) is 92.7 Å². The van der Waals surface area contributed by atoms with Gasteiger partial charge in [0.15, 0.2) is 0 Å². The molecule has 0 aliphatic rings. The number of benzene rings is 1. The minimum absolute atomic E-state index is 0.0698. The summed E-state index contributed by atoms with van der Waals surface area (Å²) in [5.41, 5.74) is 1.17. The fraction of sp³-hybridized carbons (Fsp3) is 0.533. The maximum atomic E-state index is 12.5. The van der Waals surface area contributed by atoms with E-state index < -0.39 is 22.0 Å². The lowest BCUT2D eigenvalue weighted by atomic mass is 10.0. The van der Waals surface area contributed by atoms with Crippen molar-refractivity contribution < 1.29 is 23.1 Å². The summed E-state index contributed by atoms with van der Waals surface area (Å²) in [5, 5.41) is 9.24. The van der Waals surface area contributed by atoms with Gasteiger partial charge in [0.25, 0.3) is 0 Å². The molecule has 0 aromatic heterocycles. The van der Waals surface area contributed by atoms with E-state index in [1.807, 2.05) is 6.92 Å². The van der Waals surface area contributed by atoms with Crippen molar-refractivity contribution >= 4 is 16.0 Å². The van der Waals surface area contributed by atoms with Gasteiger partial charge in [-0.25, -0.2) is 8.42 Å². The molecule has 22 heavy (non-hydrogen) atoms. The molecule has 0 bridgehead atoms. The second-order valence-electron chi connectivity index (χ2n) is 5.41. The Morgan fingerprint density at radius 1 is 1.32 bits per heavy atom. The number of methoxy groups -OCH3 is 1. The van der Waals surface area contributed by atoms with Gasteiger partial charge >= 0.3 is 5.97 Å². The van der Waals surface area contributed by atoms with Crippen molar-refractivity contribution in [3.05, 3.63) is 23.3 Å². The van der Waals surface area contributed by atoms with Crippen molar-refractivity contribution in [2.45, 2.75) is 45.1 Å². The van der Waals surface area contributed by atoms with E-state index in [1.165, 1.54) is 13.2 Å². The molecule has 1 rings (SSSR count). The molecule has 0 saturated carbocycles. The molecule has 124 valence electrons. The van der Waals surface area contributed by atoms with Crippen LogP contribution in [0.1, 0.15) is 31.4 Å². The van der Waals surface area contributed by atoms with Gasteiger partial charge in [0, 0.05) is 0 Å². The van der Waals surface area contributed by atoms with Crippen LogP contribution in [-0.4, -0.2) is 32.6 Å². The molecule has 1 aromatic rings. The van der Waals surface area contributed by atoms with E-state index in [4.69, 9.17) is 4.74 Å². The average Bonchev–Trinajstić information content (AvgIpc) is 2.45. The monoisotopic (exact) mass is 329 g/mol. The summed E-state index contributed by atoms with van der Waals surface area (Å²) in [7, 11) is -2.41. The zero-order valence-corrected chi connectivity index (χ0v) is 14.3. The van der Waals surface area contributed by atoms with Crippen LogP contribution in [0.15, 0.2) is 17.0 Å². The molecule has 0 heterocycles. The average molecular weight is 329 g/mol. The van der Waals surface area contributed by atoms with Crippen molar-refractivity contribution in [3.8, 4) is 5.75 Å². The molecule has 2 N–H and O–H groups in total. The van der Waals surface area contributed by atoms with Gasteiger partial charge in [-0.3, -0.25) is 4.79 Å². The number of hydrogen-bond acceptors (Lipinski definition) is 4. The van der Waals surface area contributed by atoms with Gasteiger partial charge < -0.3 is 9.84 Å². The first-order valence-electron chi connectivity index (χ1n) is 7.04. The van der Waals surface area contributed by atoms with E-state index in [9.17, 15) is 18.3 Å². The number of carboxylic acid groups (broad SMARTS) is 1. The fourth-order valence-corrected chi connectivity index (χ4v) is 3.76. The van der Waals surface area contributed by atoms with Crippen LogP contribution in [0, 0.1) is 19.8 Å². The Morgan fingerprint density at radius 2 is 1.91 bits per heavy atom. The highest BCUT2D eigenvalue weighted by molar-refractivity contribution is 7.89. The second-order valence-corrected chi connectivity index (χ2v) is 7.09. The molecule has 0 amide bonds. The molecule has 1 aromatic carbocycles. The van der Waals surface area contributed by atoms with Gasteiger partial charge in [-0.2, -0.15) is 4.72 Å². The van der Waals surface area contributed by atoms with Crippen LogP contribution in [0.2, 0.25) is 0 Å². The predicted octanol–water partition coefficient (Wildman–Crippen LogP) is 2.09. The molecule has 0 fully saturated rings. The third-order valence-corrected chi connectivity index (χ3v) is 5.33. The number of nitrogens with one attached hydrogen (secondary N) is 1. The highest BCUT2D eigenvalue weighted by atomic mass is 32.2. The molecular weight excluding hydrogens is 306 g/mol. The number of ether oxygens (including phenoxy) is 1. The van der Waals surface area contributed by atoms with Crippen molar-refractivity contribution in [2.75, 3.05) is 7.11 Å². The van der Waals surface area contributed by atoms with E-state index >= 15 is 0 Å². The summed E-state index contributed by atoms with van der Waals surface area (Å²) in [6.07, 6.45) is 0.556. The Hall–Kier alpha value is -1.60. The van der Waals surface area contributed by atoms with Crippen LogP contribution >= 0.6 is 0 Å². The van der Waals surface area contributed by atoms with Crippen LogP contribution in [0.4, 0.5) is 0 Å². The Labute approximate surface area is 131 Å². The van der Waals surface area contributed by atoms with E-state index in [2.05, 4.69) is 4.72 Å². The molecule has 0 spiro atoms. The lowest BCUT2D eigenvalue weighted by Gasteiger charge is -2.21. The van der Waals surface area contributed by atoms with Crippen LogP contribution in [-0.2, 0) is 14.8 Å². The SMILES string of the molecule is CC[C@H](C)[C@H](NS(=O)(=O)c1cc(C)c(OC)cc1C)C(=O)O. The maximum absolute atomic E-state index is 12.5. The summed E-state index contributed by atoms with van der Waals surface area (Å²) in [6.45, 7) is 6.90. The van der Waals surface area contributed by atoms with E-state index in [0.29, 0.717) is 23.3 Å². The minimum atomic E-state index is -3.92. The zero-order valence-electron chi connectivity index (χ0n) is 13.5. The summed E-state index contributed by atoms with van der Waals surface area (Å²) < 4.78 is 32.5. The highest BCUT2D eigenvalue weighted by Gasteiger charge is 2.30. The van der Waals surface area contributed by atoms with Gasteiger partial charge in [0.1, 0.15) is 11.8 Å². The van der Waals surface area contributed by atoms with Gasteiger partial charge in [0.2, 0.25) is 10.0 Å². The van der Waals surface area contributed by atoms with Crippen LogP contribution in [0.25, 0.3) is 0 Å². The first kappa shape index (κ1) is 18.4. The maximum Gasteiger partial charge on any atom is 0.322 e. The van der Waals surface area contributed by atoms with E-state index in [1.54, 1.807) is 26.8 Å². The Balaban J connectivity index is 3.24. The Morgan fingerprint density at radius 3 is 2.36 bits per heavy atom. The summed E-state index contributed by atoms with van der Waals surface area (Å²) in [5.74, 6) is -0.902. The molecule has 2 atom stereocenters. The fourth-order valence-electron chi connectivity index (χ4n) is 2.15. The lowest BCUT2D eigenvalue weighted by Crippen LogP contribution is -2.45. The molecule has 0 aliphatic heterocycles. The van der Waals surface area contributed by atoms with Gasteiger partial charge in [-0.05, 0) is 43.0 Å². The number of rotatable bonds is 7. The number of sulfonamides is 1. The largest absolute Gasteiger partial charge is 0.496 e. The number of carbonyl (C=O) groups is 1. The second kappa shape index (κ2) is 7.11. The summed E-state index contributed by atoms with van der Waals surface area (Å²) in [4.78, 5) is 11.4. The number of carboxylic acids is 1. The molecule has 0 radical (unpaired) electrons. The Bertz CT molecular complexity index is 654. The third kappa shape index (κ3) is 3.98. The summed E-state index contributed by atoms with van der Waals surface area (Å²) in [6, 6.07) is 1.96. The normalized spacial score (nSPS) is 14.4. The first-order valence-corrected chi connectivity index (χ1v) is 8.52. The standard InChI is InChI=1S/C15H23NO5S/c1-6-9(2)14(15(17)18)16-22(19,20)13-8-10(3)12(21-5)7-11(13)4/h7-9,14,16H,6H2,1-5H3,(H,17,18)/t9-,14-/m0/s1. The zero-order chi connectivity index (χ0) is 17.1. The quantitative estimate of drug-likeness (QED) is 0.799. The number of aliphatic carboxylic acids is 1. The van der Waals surface area contributed by atoms with Crippen molar-refractivity contribution in [1.29, 1.82) is 0 Å². The van der Waals surface area contributed by atoms with E-state index in [0.717, 1.165) is 0 Å². The van der Waals surface area contributed by atoms with Gasteiger partial charge in [0.05, 0.1) is 12.0 Å². The number of hydrogen-bond donors (Lipinski definition) is 2. The third-order valence-electron chi connectivity index (χ3n) is 3.74. The first-order chi connectivity index (χ1) is 10.1. The minimum Gasteiger partial charge on any atom is -0.496 e. The molecule has 6 nitrogen and oxygen atoms in total. The number of aryl methyl sites for hydroxylation is 2. The molecule has 7 heteroatoms. The molecule has 0 saturated heterocycles. The summed E-state index contributed by atoms with van der Waals surface area (Å²) >= 11 is 0. The van der Waals surface area contributed by atoms with Gasteiger partial charge in [-0.15, -0.1) is 0 Å². The highest BCUT2D eigenvalue weighted by Crippen LogP contribution is 2.26. The molecular formula is C15H23NO5S. The Kier molecular flexibility index (Phi) is 5.96. The van der Waals surface area contributed by atoms with Crippen LogP contribution < -0.4 is 9.46 Å². The van der Waals surface area contributed by atoms with Crippen molar-refractivity contribution in [3.63, 3.8) is 0 Å². The van der Waals surface area contributed by atoms with Gasteiger partial charge in [-0.1, -0.05) is 20.3 Å².